The molecule has 1 unspecified atom stereocenters. The minimum absolute atomic E-state index is 0.0419. The molecule has 1 aliphatic heterocycles. The lowest BCUT2D eigenvalue weighted by Crippen LogP contribution is -2.52. The molecule has 0 spiro atoms. The summed E-state index contributed by atoms with van der Waals surface area (Å²) in [5.74, 6) is -0.563. The second kappa shape index (κ2) is 6.07. The van der Waals surface area contributed by atoms with E-state index in [4.69, 9.17) is 0 Å². The minimum Gasteiger partial charge on any atom is -0.349 e. The maximum absolute atomic E-state index is 13.3. The molecule has 2 aliphatic rings. The number of hydrogen-bond acceptors (Lipinski definition) is 2. The van der Waals surface area contributed by atoms with Gasteiger partial charge >= 0.3 is 0 Å². The third-order valence-corrected chi connectivity index (χ3v) is 6.18. The number of benzene rings is 1. The number of halogens is 1. The number of likely N-dealkylation sites (tertiary alicyclic amines) is 1. The third kappa shape index (κ3) is 3.24. The van der Waals surface area contributed by atoms with Crippen molar-refractivity contribution >= 4 is 11.8 Å². The van der Waals surface area contributed by atoms with E-state index in [1.54, 1.807) is 17.0 Å². The van der Waals surface area contributed by atoms with E-state index < -0.39 is 0 Å². The van der Waals surface area contributed by atoms with Crippen LogP contribution in [0.2, 0.25) is 0 Å². The van der Waals surface area contributed by atoms with Crippen LogP contribution in [-0.4, -0.2) is 34.3 Å². The minimum atomic E-state index is -0.319. The fourth-order valence-electron chi connectivity index (χ4n) is 4.04. The summed E-state index contributed by atoms with van der Waals surface area (Å²) in [5.41, 5.74) is 0.120. The van der Waals surface area contributed by atoms with Crippen molar-refractivity contribution in [1.82, 2.24) is 10.2 Å². The van der Waals surface area contributed by atoms with Gasteiger partial charge in [0.05, 0.1) is 5.92 Å². The van der Waals surface area contributed by atoms with Gasteiger partial charge in [0.25, 0.3) is 0 Å². The standard InChI is InChI=1S/C21H29FN2O2/c1-19(2,3)24-13-14(12-17(24)25)18(26)23-21(10-11-21)20(4,5)15-6-8-16(22)9-7-15/h6-9,14H,10-13H2,1-5H3,(H,23,26). The van der Waals surface area contributed by atoms with Gasteiger partial charge in [-0.25, -0.2) is 4.39 Å². The molecule has 0 bridgehead atoms. The molecule has 1 aliphatic carbocycles. The van der Waals surface area contributed by atoms with E-state index in [2.05, 4.69) is 19.2 Å². The van der Waals surface area contributed by atoms with E-state index in [0.29, 0.717) is 6.54 Å². The second-order valence-corrected chi connectivity index (χ2v) is 9.28. The number of carbonyl (C=O) groups is 2. The van der Waals surface area contributed by atoms with Crippen molar-refractivity contribution in [3.8, 4) is 0 Å². The molecule has 1 saturated heterocycles. The van der Waals surface area contributed by atoms with Crippen molar-refractivity contribution in [2.24, 2.45) is 5.92 Å². The average molecular weight is 360 g/mol. The highest BCUT2D eigenvalue weighted by Gasteiger charge is 2.56. The van der Waals surface area contributed by atoms with Gasteiger partial charge in [-0.3, -0.25) is 9.59 Å². The average Bonchev–Trinajstić information content (AvgIpc) is 3.21. The summed E-state index contributed by atoms with van der Waals surface area (Å²) in [4.78, 5) is 27.0. The number of amides is 2. The maximum atomic E-state index is 13.3. The van der Waals surface area contributed by atoms with E-state index in [9.17, 15) is 14.0 Å². The summed E-state index contributed by atoms with van der Waals surface area (Å²) in [5, 5.41) is 3.24. The topological polar surface area (TPSA) is 49.4 Å². The molecule has 0 aromatic heterocycles. The highest BCUT2D eigenvalue weighted by atomic mass is 19.1. The summed E-state index contributed by atoms with van der Waals surface area (Å²) >= 11 is 0. The first kappa shape index (κ1) is 18.9. The normalized spacial score (nSPS) is 22.5. The Kier molecular flexibility index (Phi) is 4.40. The zero-order chi connectivity index (χ0) is 19.3. The number of rotatable bonds is 4. The predicted molar refractivity (Wildman–Crippen MR) is 99.1 cm³/mol. The summed E-state index contributed by atoms with van der Waals surface area (Å²) < 4.78 is 13.3. The molecule has 26 heavy (non-hydrogen) atoms. The lowest BCUT2D eigenvalue weighted by Gasteiger charge is -2.37. The Balaban J connectivity index is 1.73. The Morgan fingerprint density at radius 3 is 2.19 bits per heavy atom. The molecule has 3 rings (SSSR count). The lowest BCUT2D eigenvalue weighted by molar-refractivity contribution is -0.132. The molecule has 1 aromatic carbocycles. The molecule has 5 heteroatoms. The van der Waals surface area contributed by atoms with E-state index in [0.717, 1.165) is 18.4 Å². The molecule has 1 atom stereocenters. The molecule has 2 fully saturated rings. The quantitative estimate of drug-likeness (QED) is 0.895. The largest absolute Gasteiger partial charge is 0.349 e. The number of hydrogen-bond donors (Lipinski definition) is 1. The first-order valence-electron chi connectivity index (χ1n) is 9.35. The third-order valence-electron chi connectivity index (χ3n) is 6.18. The molecule has 1 saturated carbocycles. The molecule has 1 N–H and O–H groups in total. The van der Waals surface area contributed by atoms with Crippen LogP contribution in [0.3, 0.4) is 0 Å². The molecular formula is C21H29FN2O2. The van der Waals surface area contributed by atoms with Crippen LogP contribution in [0.15, 0.2) is 24.3 Å². The zero-order valence-corrected chi connectivity index (χ0v) is 16.4. The summed E-state index contributed by atoms with van der Waals surface area (Å²) in [6.07, 6.45) is 2.07. The van der Waals surface area contributed by atoms with Crippen molar-refractivity contribution in [2.45, 2.75) is 70.4 Å². The van der Waals surface area contributed by atoms with Gasteiger partial charge in [0.15, 0.2) is 0 Å². The Hall–Kier alpha value is -1.91. The molecule has 1 aromatic rings. The van der Waals surface area contributed by atoms with Gasteiger partial charge < -0.3 is 10.2 Å². The molecule has 2 amide bonds. The number of carbonyl (C=O) groups excluding carboxylic acids is 2. The van der Waals surface area contributed by atoms with Crippen molar-refractivity contribution < 1.29 is 14.0 Å². The van der Waals surface area contributed by atoms with E-state index in [-0.39, 0.29) is 46.5 Å². The fraction of sp³-hybridized carbons (Fsp3) is 0.619. The van der Waals surface area contributed by atoms with Crippen molar-refractivity contribution in [3.63, 3.8) is 0 Å². The van der Waals surface area contributed by atoms with Gasteiger partial charge in [0, 0.05) is 29.5 Å². The summed E-state index contributed by atoms with van der Waals surface area (Å²) in [7, 11) is 0. The lowest BCUT2D eigenvalue weighted by atomic mass is 9.75. The molecule has 0 radical (unpaired) electrons. The number of nitrogens with zero attached hydrogens (tertiary/aromatic N) is 1. The van der Waals surface area contributed by atoms with Crippen LogP contribution in [0.1, 0.15) is 59.4 Å². The van der Waals surface area contributed by atoms with Gasteiger partial charge in [-0.1, -0.05) is 26.0 Å². The Bertz CT molecular complexity index is 715. The van der Waals surface area contributed by atoms with Gasteiger partial charge in [0.1, 0.15) is 5.82 Å². The van der Waals surface area contributed by atoms with Crippen LogP contribution in [0, 0.1) is 11.7 Å². The highest BCUT2D eigenvalue weighted by molar-refractivity contribution is 5.90. The maximum Gasteiger partial charge on any atom is 0.225 e. The number of nitrogens with one attached hydrogen (secondary N) is 1. The van der Waals surface area contributed by atoms with Crippen LogP contribution >= 0.6 is 0 Å². The van der Waals surface area contributed by atoms with Crippen molar-refractivity contribution in [1.29, 1.82) is 0 Å². The molecule has 4 nitrogen and oxygen atoms in total. The summed E-state index contributed by atoms with van der Waals surface area (Å²) in [6, 6.07) is 6.52. The van der Waals surface area contributed by atoms with Crippen molar-refractivity contribution in [2.75, 3.05) is 6.54 Å². The van der Waals surface area contributed by atoms with Crippen LogP contribution in [0.4, 0.5) is 4.39 Å². The first-order valence-corrected chi connectivity index (χ1v) is 9.35. The Labute approximate surface area is 155 Å². The molecule has 142 valence electrons. The van der Waals surface area contributed by atoms with Crippen LogP contribution in [0.25, 0.3) is 0 Å². The SMILES string of the molecule is CC(C)(C)N1CC(C(=O)NC2(C(C)(C)c3ccc(F)cc3)CC2)CC1=O. The van der Waals surface area contributed by atoms with Gasteiger partial charge in [-0.15, -0.1) is 0 Å². The summed E-state index contributed by atoms with van der Waals surface area (Å²) in [6.45, 7) is 10.6. The van der Waals surface area contributed by atoms with E-state index >= 15 is 0 Å². The highest BCUT2D eigenvalue weighted by Crippen LogP contribution is 2.51. The Morgan fingerprint density at radius 2 is 1.73 bits per heavy atom. The fourth-order valence-corrected chi connectivity index (χ4v) is 4.04. The Morgan fingerprint density at radius 1 is 1.15 bits per heavy atom. The monoisotopic (exact) mass is 360 g/mol. The van der Waals surface area contributed by atoms with Gasteiger partial charge in [0.2, 0.25) is 11.8 Å². The van der Waals surface area contributed by atoms with Crippen molar-refractivity contribution in [3.05, 3.63) is 35.6 Å². The van der Waals surface area contributed by atoms with E-state index in [1.807, 2.05) is 20.8 Å². The zero-order valence-electron chi connectivity index (χ0n) is 16.4. The molecule has 1 heterocycles. The van der Waals surface area contributed by atoms with Gasteiger partial charge in [-0.05, 0) is 51.3 Å². The van der Waals surface area contributed by atoms with Crippen LogP contribution < -0.4 is 5.32 Å². The molecular weight excluding hydrogens is 331 g/mol. The smallest absolute Gasteiger partial charge is 0.225 e. The first-order chi connectivity index (χ1) is 12.0. The van der Waals surface area contributed by atoms with Crippen LogP contribution in [0.5, 0.6) is 0 Å². The van der Waals surface area contributed by atoms with E-state index in [1.165, 1.54) is 12.1 Å². The predicted octanol–water partition coefficient (Wildman–Crippen LogP) is 3.40. The van der Waals surface area contributed by atoms with Crippen LogP contribution in [-0.2, 0) is 15.0 Å². The van der Waals surface area contributed by atoms with Gasteiger partial charge in [-0.2, -0.15) is 0 Å². The second-order valence-electron chi connectivity index (χ2n) is 9.28.